The Morgan fingerprint density at radius 2 is 1.42 bits per heavy atom. The third-order valence-electron chi connectivity index (χ3n) is 12.2. The van der Waals surface area contributed by atoms with Gasteiger partial charge in [0.05, 0.1) is 17.8 Å². The monoisotopic (exact) mass is 458 g/mol. The summed E-state index contributed by atoms with van der Waals surface area (Å²) in [6, 6.07) is 0. The molecular weight excluding hydrogens is 412 g/mol. The maximum atomic E-state index is 13.6. The number of carbonyl (C=O) groups is 1. The Morgan fingerprint density at radius 1 is 0.788 bits per heavy atom. The molecule has 5 aliphatic carbocycles. The van der Waals surface area contributed by atoms with Crippen molar-refractivity contribution in [3.8, 4) is 0 Å². The van der Waals surface area contributed by atoms with Crippen LogP contribution in [-0.4, -0.2) is 38.9 Å². The van der Waals surface area contributed by atoms with Crippen LogP contribution in [0.2, 0.25) is 0 Å². The molecule has 0 bridgehead atoms. The lowest BCUT2D eigenvalue weighted by Crippen LogP contribution is -2.62. The van der Waals surface area contributed by atoms with E-state index in [9.17, 15) is 20.1 Å². The number of aliphatic hydroxyl groups excluding tert-OH is 2. The summed E-state index contributed by atoms with van der Waals surface area (Å²) < 4.78 is 0. The molecule has 0 saturated heterocycles. The number of hydrogen-bond donors (Lipinski definition) is 3. The molecule has 4 saturated carbocycles. The predicted octanol–water partition coefficient (Wildman–Crippen LogP) is 5.04. The van der Waals surface area contributed by atoms with Crippen LogP contribution in [0.25, 0.3) is 0 Å². The third-order valence-corrected chi connectivity index (χ3v) is 12.2. The minimum atomic E-state index is -1.02. The minimum Gasteiger partial charge on any atom is -0.393 e. The largest absolute Gasteiger partial charge is 0.393 e. The fraction of sp³-hybridized carbons (Fsp3) is 0.897. The fourth-order valence-corrected chi connectivity index (χ4v) is 10.5. The number of hydrogen-bond acceptors (Lipinski definition) is 4. The molecule has 5 aliphatic rings. The zero-order chi connectivity index (χ0) is 24.2. The maximum Gasteiger partial charge on any atom is 0.159 e. The molecule has 4 heteroatoms. The molecule has 0 aliphatic heterocycles. The quantitative estimate of drug-likeness (QED) is 0.475. The fourth-order valence-electron chi connectivity index (χ4n) is 10.5. The Bertz CT molecular complexity index is 873. The van der Waals surface area contributed by atoms with Crippen molar-refractivity contribution < 1.29 is 20.1 Å². The average Bonchev–Trinajstić information content (AvgIpc) is 2.85. The maximum absolute atomic E-state index is 13.6. The van der Waals surface area contributed by atoms with Crippen molar-refractivity contribution in [3.63, 3.8) is 0 Å². The molecule has 0 spiro atoms. The molecule has 10 atom stereocenters. The molecule has 0 heterocycles. The van der Waals surface area contributed by atoms with Gasteiger partial charge in [-0.2, -0.15) is 0 Å². The van der Waals surface area contributed by atoms with Gasteiger partial charge in [0.1, 0.15) is 0 Å². The van der Waals surface area contributed by atoms with E-state index in [1.54, 1.807) is 0 Å². The van der Waals surface area contributed by atoms with Gasteiger partial charge in [0, 0.05) is 11.3 Å². The van der Waals surface area contributed by atoms with E-state index < -0.39 is 23.2 Å². The van der Waals surface area contributed by atoms with Gasteiger partial charge in [-0.25, -0.2) is 0 Å². The number of fused-ring (bicyclic) bond motifs is 6. The number of aliphatic hydroxyl groups is 3. The molecule has 33 heavy (non-hydrogen) atoms. The topological polar surface area (TPSA) is 77.8 Å². The standard InChI is InChI=1S/C29H46O4/c1-25(2)22(31)10-13-27(4)18-7-8-20-26(3,16-17(18)15-19(30)24(25)27)12-9-21-28(20,5)14-11-23(32)29(21,6)33/h15,18,20-24,31-33H,7-14,16H2,1-6H3. The van der Waals surface area contributed by atoms with E-state index in [-0.39, 0.29) is 33.9 Å². The van der Waals surface area contributed by atoms with E-state index in [0.29, 0.717) is 18.3 Å². The highest BCUT2D eigenvalue weighted by Crippen LogP contribution is 2.68. The summed E-state index contributed by atoms with van der Waals surface area (Å²) in [6.45, 7) is 13.2. The molecule has 3 N–H and O–H groups in total. The number of allylic oxidation sites excluding steroid dienone is 2. The van der Waals surface area contributed by atoms with E-state index in [1.807, 2.05) is 13.0 Å². The molecule has 10 unspecified atom stereocenters. The molecule has 0 aromatic carbocycles. The summed E-state index contributed by atoms with van der Waals surface area (Å²) in [6.07, 6.45) is 9.45. The van der Waals surface area contributed by atoms with Gasteiger partial charge in [0.2, 0.25) is 0 Å². The van der Waals surface area contributed by atoms with Crippen molar-refractivity contribution in [2.24, 2.45) is 45.3 Å². The molecule has 0 aromatic heterocycles. The highest BCUT2D eigenvalue weighted by atomic mass is 16.3. The molecule has 186 valence electrons. The van der Waals surface area contributed by atoms with Crippen molar-refractivity contribution in [3.05, 3.63) is 11.6 Å². The average molecular weight is 459 g/mol. The molecule has 5 rings (SSSR count). The van der Waals surface area contributed by atoms with Crippen molar-refractivity contribution in [2.45, 2.75) is 117 Å². The van der Waals surface area contributed by atoms with Gasteiger partial charge in [0.15, 0.2) is 5.78 Å². The number of rotatable bonds is 0. The van der Waals surface area contributed by atoms with E-state index in [2.05, 4.69) is 34.6 Å². The number of ketones is 1. The van der Waals surface area contributed by atoms with E-state index in [1.165, 1.54) is 5.57 Å². The summed E-state index contributed by atoms with van der Waals surface area (Å²) in [7, 11) is 0. The molecule has 0 radical (unpaired) electrons. The van der Waals surface area contributed by atoms with Gasteiger partial charge >= 0.3 is 0 Å². The first-order chi connectivity index (χ1) is 15.2. The Kier molecular flexibility index (Phi) is 5.21. The second kappa shape index (κ2) is 7.17. The lowest BCUT2D eigenvalue weighted by atomic mass is 9.44. The molecule has 4 nitrogen and oxygen atoms in total. The molecule has 0 amide bonds. The summed E-state index contributed by atoms with van der Waals surface area (Å²) in [4.78, 5) is 13.6. The Morgan fingerprint density at radius 3 is 2.12 bits per heavy atom. The number of carbonyl (C=O) groups excluding carboxylic acids is 1. The van der Waals surface area contributed by atoms with Gasteiger partial charge in [-0.15, -0.1) is 0 Å². The minimum absolute atomic E-state index is 0.0100. The van der Waals surface area contributed by atoms with Crippen LogP contribution in [0.1, 0.15) is 99.3 Å². The third kappa shape index (κ3) is 3.08. The van der Waals surface area contributed by atoms with Crippen LogP contribution in [-0.2, 0) is 4.79 Å². The van der Waals surface area contributed by atoms with Crippen LogP contribution in [0.4, 0.5) is 0 Å². The highest BCUT2D eigenvalue weighted by Gasteiger charge is 2.64. The van der Waals surface area contributed by atoms with Crippen molar-refractivity contribution >= 4 is 5.78 Å². The van der Waals surface area contributed by atoms with Crippen LogP contribution in [0.15, 0.2) is 11.6 Å². The van der Waals surface area contributed by atoms with Crippen LogP contribution in [0.3, 0.4) is 0 Å². The Hall–Kier alpha value is -0.710. The summed E-state index contributed by atoms with van der Waals surface area (Å²) in [5.41, 5.74) is -0.0238. The van der Waals surface area contributed by atoms with E-state index >= 15 is 0 Å². The lowest BCUT2D eigenvalue weighted by Gasteiger charge is -2.62. The van der Waals surface area contributed by atoms with Crippen molar-refractivity contribution in [1.82, 2.24) is 0 Å². The van der Waals surface area contributed by atoms with Gasteiger partial charge in [-0.3, -0.25) is 4.79 Å². The summed E-state index contributed by atoms with van der Waals surface area (Å²) in [5.74, 6) is 1.11. The van der Waals surface area contributed by atoms with E-state index in [4.69, 9.17) is 0 Å². The van der Waals surface area contributed by atoms with Gasteiger partial charge in [-0.1, -0.05) is 40.2 Å². The smallest absolute Gasteiger partial charge is 0.159 e. The van der Waals surface area contributed by atoms with Gasteiger partial charge in [0.25, 0.3) is 0 Å². The second-order valence-electron chi connectivity index (χ2n) is 14.3. The van der Waals surface area contributed by atoms with Gasteiger partial charge in [-0.05, 0) is 105 Å². The Labute approximate surface area is 200 Å². The van der Waals surface area contributed by atoms with Crippen LogP contribution in [0.5, 0.6) is 0 Å². The first-order valence-electron chi connectivity index (χ1n) is 13.5. The predicted molar refractivity (Wildman–Crippen MR) is 129 cm³/mol. The normalized spacial score (nSPS) is 55.9. The van der Waals surface area contributed by atoms with Crippen LogP contribution < -0.4 is 0 Å². The van der Waals surface area contributed by atoms with Gasteiger partial charge < -0.3 is 15.3 Å². The van der Waals surface area contributed by atoms with Crippen molar-refractivity contribution in [1.29, 1.82) is 0 Å². The first kappa shape index (κ1) is 24.0. The molecule has 0 aromatic rings. The molecular formula is C29H46O4. The Balaban J connectivity index is 1.54. The van der Waals surface area contributed by atoms with Crippen LogP contribution >= 0.6 is 0 Å². The SMILES string of the molecule is CC12CCC3C(C)(O)C(O)CCC3(C)C1CCC1C(=CC(=O)C3C(C)(C)C(O)CCC13C)C2. The lowest BCUT2D eigenvalue weighted by molar-refractivity contribution is -0.214. The second-order valence-corrected chi connectivity index (χ2v) is 14.3. The summed E-state index contributed by atoms with van der Waals surface area (Å²) in [5, 5.41) is 32.7. The first-order valence-corrected chi connectivity index (χ1v) is 13.5. The van der Waals surface area contributed by atoms with Crippen LogP contribution in [0, 0.1) is 45.3 Å². The summed E-state index contributed by atoms with van der Waals surface area (Å²) >= 11 is 0. The molecule has 4 fully saturated rings. The highest BCUT2D eigenvalue weighted by molar-refractivity contribution is 5.95. The zero-order valence-corrected chi connectivity index (χ0v) is 21.7. The van der Waals surface area contributed by atoms with E-state index in [0.717, 1.165) is 51.4 Å². The van der Waals surface area contributed by atoms with Crippen molar-refractivity contribution in [2.75, 3.05) is 0 Å². The zero-order valence-electron chi connectivity index (χ0n) is 21.7.